The lowest BCUT2D eigenvalue weighted by molar-refractivity contribution is 0.535. The lowest BCUT2D eigenvalue weighted by Crippen LogP contribution is -2.16. The number of rotatable bonds is 5. The monoisotopic (exact) mass is 178 g/mol. The molecule has 0 saturated heterocycles. The largest absolute Gasteiger partial charge is 0.311 e. The van der Waals surface area contributed by atoms with Gasteiger partial charge < -0.3 is 5.32 Å². The maximum Gasteiger partial charge on any atom is 0.0541 e. The van der Waals surface area contributed by atoms with Gasteiger partial charge in [0.25, 0.3) is 0 Å². The predicted molar refractivity (Wildman–Crippen MR) is 55.4 cm³/mol. The molecule has 0 radical (unpaired) electrons. The quantitative estimate of drug-likeness (QED) is 0.699. The van der Waals surface area contributed by atoms with Crippen LogP contribution in [0.3, 0.4) is 0 Å². The molecule has 13 heavy (non-hydrogen) atoms. The van der Waals surface area contributed by atoms with Gasteiger partial charge >= 0.3 is 0 Å². The van der Waals surface area contributed by atoms with E-state index in [1.807, 2.05) is 24.4 Å². The van der Waals surface area contributed by atoms with Crippen LogP contribution in [-0.4, -0.2) is 11.5 Å². The maximum absolute atomic E-state index is 4.23. The smallest absolute Gasteiger partial charge is 0.0541 e. The Morgan fingerprint density at radius 2 is 2.23 bits per heavy atom. The molecule has 0 amide bonds. The average molecular weight is 178 g/mol. The van der Waals surface area contributed by atoms with Crippen LogP contribution in [0.1, 0.15) is 26.0 Å². The van der Waals surface area contributed by atoms with E-state index in [-0.39, 0.29) is 0 Å². The lowest BCUT2D eigenvalue weighted by atomic mass is 10.1. The van der Waals surface area contributed by atoms with E-state index < -0.39 is 0 Å². The molecule has 0 atom stereocenters. The first-order valence-electron chi connectivity index (χ1n) is 4.89. The second kappa shape index (κ2) is 5.70. The van der Waals surface area contributed by atoms with E-state index in [4.69, 9.17) is 0 Å². The fraction of sp³-hybridized carbons (Fsp3) is 0.545. The van der Waals surface area contributed by atoms with Crippen molar-refractivity contribution in [1.82, 2.24) is 10.3 Å². The number of hydrogen-bond acceptors (Lipinski definition) is 2. The van der Waals surface area contributed by atoms with E-state index in [0.29, 0.717) is 0 Å². The molecule has 72 valence electrons. The Kier molecular flexibility index (Phi) is 4.47. The summed E-state index contributed by atoms with van der Waals surface area (Å²) in [5.41, 5.74) is 1.12. The van der Waals surface area contributed by atoms with Crippen LogP contribution in [0, 0.1) is 5.92 Å². The molecule has 1 heterocycles. The highest BCUT2D eigenvalue weighted by Crippen LogP contribution is 1.97. The zero-order valence-electron chi connectivity index (χ0n) is 8.46. The molecule has 0 aliphatic heterocycles. The molecule has 1 rings (SSSR count). The van der Waals surface area contributed by atoms with Gasteiger partial charge in [0.1, 0.15) is 0 Å². The third-order valence-electron chi connectivity index (χ3n) is 1.93. The summed E-state index contributed by atoms with van der Waals surface area (Å²) in [5.74, 6) is 0.774. The summed E-state index contributed by atoms with van der Waals surface area (Å²) in [6.07, 6.45) is 3.06. The van der Waals surface area contributed by atoms with Gasteiger partial charge in [-0.15, -0.1) is 0 Å². The summed E-state index contributed by atoms with van der Waals surface area (Å²) < 4.78 is 0. The van der Waals surface area contributed by atoms with Crippen LogP contribution >= 0.6 is 0 Å². The van der Waals surface area contributed by atoms with Crippen molar-refractivity contribution in [3.8, 4) is 0 Å². The minimum Gasteiger partial charge on any atom is -0.311 e. The SMILES string of the molecule is CC(C)CCNCc1ccccn1. The molecule has 0 spiro atoms. The highest BCUT2D eigenvalue weighted by molar-refractivity contribution is 5.02. The van der Waals surface area contributed by atoms with Crippen LogP contribution in [-0.2, 0) is 6.54 Å². The van der Waals surface area contributed by atoms with Crippen molar-refractivity contribution in [2.75, 3.05) is 6.54 Å². The normalized spacial score (nSPS) is 10.7. The molecular weight excluding hydrogens is 160 g/mol. The van der Waals surface area contributed by atoms with E-state index >= 15 is 0 Å². The van der Waals surface area contributed by atoms with Crippen molar-refractivity contribution >= 4 is 0 Å². The van der Waals surface area contributed by atoms with Crippen molar-refractivity contribution in [3.63, 3.8) is 0 Å². The first kappa shape index (κ1) is 10.2. The third-order valence-corrected chi connectivity index (χ3v) is 1.93. The lowest BCUT2D eigenvalue weighted by Gasteiger charge is -2.05. The maximum atomic E-state index is 4.23. The van der Waals surface area contributed by atoms with Gasteiger partial charge in [0.15, 0.2) is 0 Å². The molecule has 2 heteroatoms. The van der Waals surface area contributed by atoms with Crippen LogP contribution in [0.4, 0.5) is 0 Å². The molecule has 1 aromatic rings. The molecule has 2 nitrogen and oxygen atoms in total. The number of nitrogens with zero attached hydrogens (tertiary/aromatic N) is 1. The van der Waals surface area contributed by atoms with E-state index in [0.717, 1.165) is 24.7 Å². The molecule has 1 aromatic heterocycles. The van der Waals surface area contributed by atoms with Crippen molar-refractivity contribution in [2.45, 2.75) is 26.8 Å². The van der Waals surface area contributed by atoms with Gasteiger partial charge in [-0.2, -0.15) is 0 Å². The van der Waals surface area contributed by atoms with E-state index in [2.05, 4.69) is 24.1 Å². The zero-order chi connectivity index (χ0) is 9.52. The Morgan fingerprint density at radius 3 is 2.85 bits per heavy atom. The van der Waals surface area contributed by atoms with Gasteiger partial charge in [-0.05, 0) is 31.0 Å². The molecule has 0 aliphatic rings. The summed E-state index contributed by atoms with van der Waals surface area (Å²) in [7, 11) is 0. The van der Waals surface area contributed by atoms with Crippen LogP contribution in [0.2, 0.25) is 0 Å². The van der Waals surface area contributed by atoms with E-state index in [9.17, 15) is 0 Å². The minimum absolute atomic E-state index is 0.774. The first-order valence-corrected chi connectivity index (χ1v) is 4.89. The summed E-state index contributed by atoms with van der Waals surface area (Å²) in [4.78, 5) is 4.23. The fourth-order valence-electron chi connectivity index (χ4n) is 1.11. The van der Waals surface area contributed by atoms with Gasteiger partial charge in [0.05, 0.1) is 5.69 Å². The summed E-state index contributed by atoms with van der Waals surface area (Å²) in [6, 6.07) is 6.01. The molecule has 1 N–H and O–H groups in total. The molecule has 0 unspecified atom stereocenters. The van der Waals surface area contributed by atoms with Crippen molar-refractivity contribution in [2.24, 2.45) is 5.92 Å². The summed E-state index contributed by atoms with van der Waals surface area (Å²) in [6.45, 7) is 6.44. The second-order valence-corrected chi connectivity index (χ2v) is 3.68. The molecule has 0 bridgehead atoms. The molecule has 0 aliphatic carbocycles. The zero-order valence-corrected chi connectivity index (χ0v) is 8.46. The van der Waals surface area contributed by atoms with Crippen LogP contribution in [0.5, 0.6) is 0 Å². The van der Waals surface area contributed by atoms with Gasteiger partial charge in [-0.25, -0.2) is 0 Å². The van der Waals surface area contributed by atoms with E-state index in [1.54, 1.807) is 0 Å². The highest BCUT2D eigenvalue weighted by Gasteiger charge is 1.94. The molecule has 0 fully saturated rings. The Balaban J connectivity index is 2.13. The first-order chi connectivity index (χ1) is 6.29. The Morgan fingerprint density at radius 1 is 1.38 bits per heavy atom. The van der Waals surface area contributed by atoms with E-state index in [1.165, 1.54) is 6.42 Å². The van der Waals surface area contributed by atoms with Crippen molar-refractivity contribution in [1.29, 1.82) is 0 Å². The second-order valence-electron chi connectivity index (χ2n) is 3.68. The molecule has 0 aromatic carbocycles. The predicted octanol–water partition coefficient (Wildman–Crippen LogP) is 2.22. The average Bonchev–Trinajstić information content (AvgIpc) is 2.14. The number of nitrogens with one attached hydrogen (secondary N) is 1. The van der Waals surface area contributed by atoms with Gasteiger partial charge in [-0.1, -0.05) is 19.9 Å². The number of hydrogen-bond donors (Lipinski definition) is 1. The van der Waals surface area contributed by atoms with Gasteiger partial charge in [0, 0.05) is 12.7 Å². The topological polar surface area (TPSA) is 24.9 Å². The highest BCUT2D eigenvalue weighted by atomic mass is 14.9. The minimum atomic E-state index is 0.774. The standard InChI is InChI=1S/C11H18N2/c1-10(2)6-8-12-9-11-5-3-4-7-13-11/h3-5,7,10,12H,6,8-9H2,1-2H3. The van der Waals surface area contributed by atoms with Gasteiger partial charge in [0.2, 0.25) is 0 Å². The van der Waals surface area contributed by atoms with Gasteiger partial charge in [-0.3, -0.25) is 4.98 Å². The summed E-state index contributed by atoms with van der Waals surface area (Å²) in [5, 5.41) is 3.37. The number of pyridine rings is 1. The Labute approximate surface area is 80.4 Å². The van der Waals surface area contributed by atoms with Crippen molar-refractivity contribution < 1.29 is 0 Å². The van der Waals surface area contributed by atoms with Crippen LogP contribution in [0.15, 0.2) is 24.4 Å². The Hall–Kier alpha value is -0.890. The fourth-order valence-corrected chi connectivity index (χ4v) is 1.11. The summed E-state index contributed by atoms with van der Waals surface area (Å²) >= 11 is 0. The number of aromatic nitrogens is 1. The molecule has 0 saturated carbocycles. The Bertz CT molecular complexity index is 219. The van der Waals surface area contributed by atoms with Crippen LogP contribution in [0.25, 0.3) is 0 Å². The third kappa shape index (κ3) is 4.63. The van der Waals surface area contributed by atoms with Crippen molar-refractivity contribution in [3.05, 3.63) is 30.1 Å². The molecular formula is C11H18N2. The van der Waals surface area contributed by atoms with Crippen LogP contribution < -0.4 is 5.32 Å².